The molecule has 1 fully saturated rings. The third-order valence-electron chi connectivity index (χ3n) is 4.28. The topological polar surface area (TPSA) is 0 Å². The molecule has 1 aliphatic carbocycles. The first-order valence-electron chi connectivity index (χ1n) is 5.67. The van der Waals surface area contributed by atoms with Gasteiger partial charge in [-0.1, -0.05) is 47.0 Å². The summed E-state index contributed by atoms with van der Waals surface area (Å²) in [6.45, 7) is 9.53. The van der Waals surface area contributed by atoms with E-state index in [1.165, 1.54) is 32.1 Å². The average molecular weight is 168 g/mol. The minimum Gasteiger partial charge on any atom is -0.0651 e. The summed E-state index contributed by atoms with van der Waals surface area (Å²) < 4.78 is 0. The maximum atomic E-state index is 2.45. The van der Waals surface area contributed by atoms with Gasteiger partial charge in [0.15, 0.2) is 0 Å². The Hall–Kier alpha value is 0. The summed E-state index contributed by atoms with van der Waals surface area (Å²) >= 11 is 0. The highest BCUT2D eigenvalue weighted by molar-refractivity contribution is 4.90. The van der Waals surface area contributed by atoms with Gasteiger partial charge in [0.05, 0.1) is 0 Å². The van der Waals surface area contributed by atoms with E-state index >= 15 is 0 Å². The Morgan fingerprint density at radius 2 is 1.67 bits per heavy atom. The lowest BCUT2D eigenvalue weighted by Crippen LogP contribution is -2.14. The zero-order chi connectivity index (χ0) is 9.19. The van der Waals surface area contributed by atoms with Crippen LogP contribution in [0, 0.1) is 17.3 Å². The molecule has 0 saturated heterocycles. The Bertz CT molecular complexity index is 133. The highest BCUT2D eigenvalue weighted by Crippen LogP contribution is 2.50. The first-order chi connectivity index (χ1) is 5.67. The van der Waals surface area contributed by atoms with Gasteiger partial charge in [-0.25, -0.2) is 0 Å². The maximum Gasteiger partial charge on any atom is -0.0297 e. The van der Waals surface area contributed by atoms with Crippen molar-refractivity contribution in [2.45, 2.75) is 59.8 Å². The molecule has 1 rings (SSSR count). The summed E-state index contributed by atoms with van der Waals surface area (Å²) in [7, 11) is 0. The normalized spacial score (nSPS) is 34.0. The molecule has 0 spiro atoms. The zero-order valence-corrected chi connectivity index (χ0v) is 9.19. The van der Waals surface area contributed by atoms with E-state index in [1.807, 2.05) is 0 Å². The van der Waals surface area contributed by atoms with Crippen LogP contribution < -0.4 is 0 Å². The van der Waals surface area contributed by atoms with Crippen LogP contribution in [0.3, 0.4) is 0 Å². The second-order valence-electron chi connectivity index (χ2n) is 4.76. The standard InChI is InChI=1S/C12H24/c1-5-11-9-12(6-2,7-3)8-10(11)4/h10-11H,5-9H2,1-4H3. The predicted octanol–water partition coefficient (Wildman–Crippen LogP) is 4.25. The van der Waals surface area contributed by atoms with Crippen LogP contribution in [0.25, 0.3) is 0 Å². The Kier molecular flexibility index (Phi) is 3.20. The Morgan fingerprint density at radius 1 is 1.08 bits per heavy atom. The number of hydrogen-bond donors (Lipinski definition) is 0. The van der Waals surface area contributed by atoms with Gasteiger partial charge in [-0.15, -0.1) is 0 Å². The highest BCUT2D eigenvalue weighted by atomic mass is 14.4. The summed E-state index contributed by atoms with van der Waals surface area (Å²) in [6.07, 6.45) is 7.16. The van der Waals surface area contributed by atoms with Crippen molar-refractivity contribution in [2.24, 2.45) is 17.3 Å². The second-order valence-corrected chi connectivity index (χ2v) is 4.76. The first kappa shape index (κ1) is 10.1. The monoisotopic (exact) mass is 168 g/mol. The molecular weight excluding hydrogens is 144 g/mol. The fraction of sp³-hybridized carbons (Fsp3) is 1.00. The molecule has 12 heavy (non-hydrogen) atoms. The first-order valence-corrected chi connectivity index (χ1v) is 5.67. The highest BCUT2D eigenvalue weighted by Gasteiger charge is 2.39. The summed E-state index contributed by atoms with van der Waals surface area (Å²) in [5.74, 6) is 2.00. The largest absolute Gasteiger partial charge is 0.0651 e. The van der Waals surface area contributed by atoms with E-state index in [0.717, 1.165) is 17.3 Å². The Balaban J connectivity index is 2.61. The molecule has 72 valence electrons. The van der Waals surface area contributed by atoms with Crippen LogP contribution in [0.2, 0.25) is 0 Å². The lowest BCUT2D eigenvalue weighted by molar-refractivity contribution is 0.257. The van der Waals surface area contributed by atoms with E-state index in [4.69, 9.17) is 0 Å². The van der Waals surface area contributed by atoms with E-state index in [0.29, 0.717) is 0 Å². The number of hydrogen-bond acceptors (Lipinski definition) is 0. The van der Waals surface area contributed by atoms with Crippen molar-refractivity contribution in [1.29, 1.82) is 0 Å². The third-order valence-corrected chi connectivity index (χ3v) is 4.28. The van der Waals surface area contributed by atoms with Crippen molar-refractivity contribution in [2.75, 3.05) is 0 Å². The van der Waals surface area contributed by atoms with Gasteiger partial charge >= 0.3 is 0 Å². The molecular formula is C12H24. The fourth-order valence-electron chi connectivity index (χ4n) is 3.06. The summed E-state index contributed by atoms with van der Waals surface area (Å²) in [5.41, 5.74) is 0.722. The average Bonchev–Trinajstić information content (AvgIpc) is 2.43. The van der Waals surface area contributed by atoms with Crippen LogP contribution in [-0.2, 0) is 0 Å². The molecule has 0 nitrogen and oxygen atoms in total. The van der Waals surface area contributed by atoms with Gasteiger partial charge < -0.3 is 0 Å². The van der Waals surface area contributed by atoms with E-state index in [2.05, 4.69) is 27.7 Å². The minimum absolute atomic E-state index is 0.722. The molecule has 1 saturated carbocycles. The molecule has 1 aliphatic rings. The summed E-state index contributed by atoms with van der Waals surface area (Å²) in [6, 6.07) is 0. The Morgan fingerprint density at radius 3 is 1.92 bits per heavy atom. The smallest absolute Gasteiger partial charge is 0.0297 e. The predicted molar refractivity (Wildman–Crippen MR) is 55.2 cm³/mol. The van der Waals surface area contributed by atoms with Crippen molar-refractivity contribution in [3.8, 4) is 0 Å². The van der Waals surface area contributed by atoms with Gasteiger partial charge in [0.2, 0.25) is 0 Å². The lowest BCUT2D eigenvalue weighted by atomic mass is 9.80. The molecule has 0 amide bonds. The fourth-order valence-corrected chi connectivity index (χ4v) is 3.06. The van der Waals surface area contributed by atoms with Gasteiger partial charge in [0.25, 0.3) is 0 Å². The van der Waals surface area contributed by atoms with Gasteiger partial charge in [0.1, 0.15) is 0 Å². The molecule has 0 aliphatic heterocycles. The van der Waals surface area contributed by atoms with Crippen molar-refractivity contribution < 1.29 is 0 Å². The molecule has 0 N–H and O–H groups in total. The van der Waals surface area contributed by atoms with Gasteiger partial charge in [-0.2, -0.15) is 0 Å². The van der Waals surface area contributed by atoms with E-state index in [-0.39, 0.29) is 0 Å². The lowest BCUT2D eigenvalue weighted by Gasteiger charge is -2.26. The SMILES string of the molecule is CCC1CC(CC)(CC)CC1C. The molecule has 0 aromatic carbocycles. The second kappa shape index (κ2) is 3.81. The van der Waals surface area contributed by atoms with Crippen LogP contribution in [0.4, 0.5) is 0 Å². The third kappa shape index (κ3) is 1.67. The van der Waals surface area contributed by atoms with Crippen molar-refractivity contribution in [3.05, 3.63) is 0 Å². The van der Waals surface area contributed by atoms with Crippen LogP contribution in [0.15, 0.2) is 0 Å². The van der Waals surface area contributed by atoms with E-state index in [1.54, 1.807) is 0 Å². The summed E-state index contributed by atoms with van der Waals surface area (Å²) in [4.78, 5) is 0. The molecule has 0 heteroatoms. The van der Waals surface area contributed by atoms with Crippen LogP contribution in [-0.4, -0.2) is 0 Å². The molecule has 0 heterocycles. The van der Waals surface area contributed by atoms with Crippen LogP contribution in [0.5, 0.6) is 0 Å². The van der Waals surface area contributed by atoms with Crippen LogP contribution >= 0.6 is 0 Å². The zero-order valence-electron chi connectivity index (χ0n) is 9.19. The number of rotatable bonds is 3. The molecule has 0 radical (unpaired) electrons. The van der Waals surface area contributed by atoms with Crippen LogP contribution in [0.1, 0.15) is 59.8 Å². The van der Waals surface area contributed by atoms with Crippen molar-refractivity contribution in [3.63, 3.8) is 0 Å². The maximum absolute atomic E-state index is 2.45. The van der Waals surface area contributed by atoms with Crippen molar-refractivity contribution in [1.82, 2.24) is 0 Å². The minimum atomic E-state index is 0.722. The molecule has 2 unspecified atom stereocenters. The molecule has 2 atom stereocenters. The van der Waals surface area contributed by atoms with Crippen molar-refractivity contribution >= 4 is 0 Å². The summed E-state index contributed by atoms with van der Waals surface area (Å²) in [5, 5.41) is 0. The van der Waals surface area contributed by atoms with Gasteiger partial charge in [-0.3, -0.25) is 0 Å². The molecule has 0 aromatic rings. The van der Waals surface area contributed by atoms with Gasteiger partial charge in [0, 0.05) is 0 Å². The molecule has 0 bridgehead atoms. The quantitative estimate of drug-likeness (QED) is 0.591. The Labute approximate surface area is 77.7 Å². The molecule has 0 aromatic heterocycles. The van der Waals surface area contributed by atoms with Gasteiger partial charge in [-0.05, 0) is 30.1 Å². The van der Waals surface area contributed by atoms with E-state index in [9.17, 15) is 0 Å². The van der Waals surface area contributed by atoms with E-state index < -0.39 is 0 Å².